The molecule has 0 bridgehead atoms. The van der Waals surface area contributed by atoms with Gasteiger partial charge in [-0.2, -0.15) is 0 Å². The molecule has 0 aliphatic heterocycles. The summed E-state index contributed by atoms with van der Waals surface area (Å²) in [6, 6.07) is 7.40. The second-order valence-corrected chi connectivity index (χ2v) is 8.08. The van der Waals surface area contributed by atoms with Crippen LogP contribution in [-0.2, 0) is 0 Å². The van der Waals surface area contributed by atoms with Crippen molar-refractivity contribution < 1.29 is 9.21 Å². The Hall–Kier alpha value is -1.14. The lowest BCUT2D eigenvalue weighted by Crippen LogP contribution is -2.13. The van der Waals surface area contributed by atoms with Crippen molar-refractivity contribution in [2.24, 2.45) is 0 Å². The highest BCUT2D eigenvalue weighted by molar-refractivity contribution is 9.10. The van der Waals surface area contributed by atoms with Gasteiger partial charge in [0.2, 0.25) is 5.89 Å². The fourth-order valence-corrected chi connectivity index (χ4v) is 3.87. The third kappa shape index (κ3) is 4.23. The molecule has 4 nitrogen and oxygen atoms in total. The predicted molar refractivity (Wildman–Crippen MR) is 93.9 cm³/mol. The lowest BCUT2D eigenvalue weighted by atomic mass is 9.89. The zero-order chi connectivity index (χ0) is 16.2. The molecule has 0 amide bonds. The van der Waals surface area contributed by atoms with E-state index in [2.05, 4.69) is 26.1 Å². The Kier molecular flexibility index (Phi) is 5.54. The maximum Gasteiger partial charge on any atom is 0.277 e. The standard InChI is InChI=1S/C17H19BrN2O2S/c1-11(15(21)12-7-9-14(18)10-8-12)23-17-20-19-16(22-17)13-5-3-2-4-6-13/h7-11,13H,2-6H2,1H3/t11-/m1/s1. The van der Waals surface area contributed by atoms with E-state index in [1.54, 1.807) is 0 Å². The second kappa shape index (κ2) is 7.62. The molecular weight excluding hydrogens is 376 g/mol. The van der Waals surface area contributed by atoms with Crippen LogP contribution in [0.4, 0.5) is 0 Å². The van der Waals surface area contributed by atoms with Crippen molar-refractivity contribution in [1.29, 1.82) is 0 Å². The summed E-state index contributed by atoms with van der Waals surface area (Å²) < 4.78 is 6.74. The Balaban J connectivity index is 1.63. The molecule has 0 N–H and O–H groups in total. The predicted octanol–water partition coefficient (Wildman–Crippen LogP) is 5.24. The van der Waals surface area contributed by atoms with Crippen LogP contribution in [0.1, 0.15) is 61.2 Å². The summed E-state index contributed by atoms with van der Waals surface area (Å²) in [6.45, 7) is 1.87. The number of carbonyl (C=O) groups is 1. The summed E-state index contributed by atoms with van der Waals surface area (Å²) >= 11 is 4.71. The summed E-state index contributed by atoms with van der Waals surface area (Å²) in [7, 11) is 0. The van der Waals surface area contributed by atoms with E-state index < -0.39 is 0 Å². The van der Waals surface area contributed by atoms with Gasteiger partial charge >= 0.3 is 0 Å². The van der Waals surface area contributed by atoms with Gasteiger partial charge in [0.1, 0.15) is 0 Å². The Bertz CT molecular complexity index is 665. The molecule has 1 saturated carbocycles. The van der Waals surface area contributed by atoms with Crippen LogP contribution in [0.2, 0.25) is 0 Å². The Morgan fingerprint density at radius 3 is 2.61 bits per heavy atom. The van der Waals surface area contributed by atoms with E-state index in [1.807, 2.05) is 31.2 Å². The average molecular weight is 395 g/mol. The summed E-state index contributed by atoms with van der Waals surface area (Å²) in [6.07, 6.45) is 6.01. The lowest BCUT2D eigenvalue weighted by molar-refractivity contribution is 0.0993. The number of ketones is 1. The van der Waals surface area contributed by atoms with Gasteiger partial charge in [0.25, 0.3) is 5.22 Å². The highest BCUT2D eigenvalue weighted by Crippen LogP contribution is 2.34. The molecule has 0 unspecified atom stereocenters. The van der Waals surface area contributed by atoms with Crippen LogP contribution in [0.15, 0.2) is 38.4 Å². The number of thioether (sulfide) groups is 1. The average Bonchev–Trinajstić information content (AvgIpc) is 3.04. The first-order valence-electron chi connectivity index (χ1n) is 7.93. The molecule has 1 aromatic carbocycles. The van der Waals surface area contributed by atoms with Gasteiger partial charge in [-0.25, -0.2) is 0 Å². The first-order chi connectivity index (χ1) is 11.1. The molecule has 0 saturated heterocycles. The Labute approximate surface area is 148 Å². The molecule has 1 aliphatic carbocycles. The summed E-state index contributed by atoms with van der Waals surface area (Å²) in [5.41, 5.74) is 0.695. The van der Waals surface area contributed by atoms with E-state index in [0.29, 0.717) is 16.7 Å². The molecule has 1 fully saturated rings. The van der Waals surface area contributed by atoms with Crippen LogP contribution in [0, 0.1) is 0 Å². The molecular formula is C17H19BrN2O2S. The molecule has 1 atom stereocenters. The van der Waals surface area contributed by atoms with Gasteiger partial charge in [0.15, 0.2) is 5.78 Å². The van der Waals surface area contributed by atoms with Crippen molar-refractivity contribution in [3.8, 4) is 0 Å². The third-order valence-electron chi connectivity index (χ3n) is 4.15. The van der Waals surface area contributed by atoms with Gasteiger partial charge in [-0.05, 0) is 31.9 Å². The van der Waals surface area contributed by atoms with Crippen LogP contribution in [-0.4, -0.2) is 21.2 Å². The van der Waals surface area contributed by atoms with Crippen LogP contribution in [0.5, 0.6) is 0 Å². The Morgan fingerprint density at radius 2 is 1.91 bits per heavy atom. The van der Waals surface area contributed by atoms with Crippen molar-refractivity contribution in [3.05, 3.63) is 40.2 Å². The fourth-order valence-electron chi connectivity index (χ4n) is 2.84. The third-order valence-corrected chi connectivity index (χ3v) is 5.61. The van der Waals surface area contributed by atoms with Gasteiger partial charge in [-0.1, -0.05) is 59.1 Å². The SMILES string of the molecule is C[C@@H](Sc1nnc(C2CCCCC2)o1)C(=O)c1ccc(Br)cc1. The van der Waals surface area contributed by atoms with Gasteiger partial charge in [-0.15, -0.1) is 10.2 Å². The highest BCUT2D eigenvalue weighted by atomic mass is 79.9. The lowest BCUT2D eigenvalue weighted by Gasteiger charge is -2.17. The number of halogens is 1. The number of nitrogens with zero attached hydrogens (tertiary/aromatic N) is 2. The van der Waals surface area contributed by atoms with Gasteiger partial charge in [0.05, 0.1) is 5.25 Å². The minimum atomic E-state index is -0.254. The number of aromatic nitrogens is 2. The molecule has 2 aromatic rings. The number of rotatable bonds is 5. The molecule has 1 aliphatic rings. The highest BCUT2D eigenvalue weighted by Gasteiger charge is 2.24. The first-order valence-corrected chi connectivity index (χ1v) is 9.60. The molecule has 1 aromatic heterocycles. The van der Waals surface area contributed by atoms with Crippen molar-refractivity contribution in [3.63, 3.8) is 0 Å². The number of hydrogen-bond acceptors (Lipinski definition) is 5. The molecule has 1 heterocycles. The van der Waals surface area contributed by atoms with Crippen molar-refractivity contribution in [2.75, 3.05) is 0 Å². The van der Waals surface area contributed by atoms with E-state index in [9.17, 15) is 4.79 Å². The zero-order valence-corrected chi connectivity index (χ0v) is 15.4. The van der Waals surface area contributed by atoms with Crippen molar-refractivity contribution in [1.82, 2.24) is 10.2 Å². The van der Waals surface area contributed by atoms with E-state index in [-0.39, 0.29) is 11.0 Å². The molecule has 3 rings (SSSR count). The normalized spacial score (nSPS) is 17.1. The summed E-state index contributed by atoms with van der Waals surface area (Å²) in [4.78, 5) is 12.4. The van der Waals surface area contributed by atoms with Crippen molar-refractivity contribution in [2.45, 2.75) is 55.4 Å². The van der Waals surface area contributed by atoms with E-state index in [1.165, 1.54) is 31.0 Å². The maximum absolute atomic E-state index is 12.4. The van der Waals surface area contributed by atoms with Crippen LogP contribution >= 0.6 is 27.7 Å². The first kappa shape index (κ1) is 16.7. The molecule has 6 heteroatoms. The Morgan fingerprint density at radius 1 is 1.22 bits per heavy atom. The quantitative estimate of drug-likeness (QED) is 0.512. The molecule has 0 spiro atoms. The monoisotopic (exact) mass is 394 g/mol. The van der Waals surface area contributed by atoms with Crippen LogP contribution in [0.3, 0.4) is 0 Å². The van der Waals surface area contributed by atoms with E-state index in [0.717, 1.165) is 23.2 Å². The van der Waals surface area contributed by atoms with Crippen molar-refractivity contribution >= 4 is 33.5 Å². The molecule has 23 heavy (non-hydrogen) atoms. The fraction of sp³-hybridized carbons (Fsp3) is 0.471. The maximum atomic E-state index is 12.4. The number of hydrogen-bond donors (Lipinski definition) is 0. The molecule has 0 radical (unpaired) electrons. The number of Topliss-reactive ketones (excluding diaryl/α,β-unsaturated/α-hetero) is 1. The van der Waals surface area contributed by atoms with Crippen LogP contribution < -0.4 is 0 Å². The summed E-state index contributed by atoms with van der Waals surface area (Å²) in [5, 5.41) is 8.53. The number of benzene rings is 1. The van der Waals surface area contributed by atoms with Gasteiger partial charge in [-0.3, -0.25) is 4.79 Å². The molecule has 122 valence electrons. The zero-order valence-electron chi connectivity index (χ0n) is 13.0. The van der Waals surface area contributed by atoms with E-state index >= 15 is 0 Å². The van der Waals surface area contributed by atoms with E-state index in [4.69, 9.17) is 4.42 Å². The smallest absolute Gasteiger partial charge is 0.277 e. The minimum Gasteiger partial charge on any atom is -0.416 e. The van der Waals surface area contributed by atoms with Gasteiger partial charge < -0.3 is 4.42 Å². The summed E-state index contributed by atoms with van der Waals surface area (Å²) in [5.74, 6) is 1.19. The minimum absolute atomic E-state index is 0.0694. The topological polar surface area (TPSA) is 56.0 Å². The largest absolute Gasteiger partial charge is 0.416 e. The van der Waals surface area contributed by atoms with Crippen LogP contribution in [0.25, 0.3) is 0 Å². The second-order valence-electron chi connectivity index (χ2n) is 5.87. The van der Waals surface area contributed by atoms with Gasteiger partial charge in [0, 0.05) is 16.0 Å². The number of carbonyl (C=O) groups excluding carboxylic acids is 1.